The third-order valence-corrected chi connectivity index (χ3v) is 3.84. The molecule has 1 heterocycles. The van der Waals surface area contributed by atoms with Crippen LogP contribution in [0.15, 0.2) is 18.2 Å². The fourth-order valence-electron chi connectivity index (χ4n) is 2.25. The van der Waals surface area contributed by atoms with Gasteiger partial charge in [0, 0.05) is 32.2 Å². The molecule has 4 heteroatoms. The van der Waals surface area contributed by atoms with Crippen LogP contribution < -0.4 is 19.7 Å². The Balaban J connectivity index is 2.16. The molecule has 0 bridgehead atoms. The molecule has 0 saturated carbocycles. The number of benzene rings is 1. The number of hydrogen-bond donors (Lipinski definition) is 1. The van der Waals surface area contributed by atoms with E-state index in [1.165, 1.54) is 0 Å². The SMILES string of the molecule is CCC(C)COc1ccc(OC)cc1N1CCNCC1. The molecular formula is C16H26N2O2. The van der Waals surface area contributed by atoms with Crippen molar-refractivity contribution in [2.75, 3.05) is 44.8 Å². The Hall–Kier alpha value is -1.42. The monoisotopic (exact) mass is 278 g/mol. The number of methoxy groups -OCH3 is 1. The van der Waals surface area contributed by atoms with Gasteiger partial charge in [-0.15, -0.1) is 0 Å². The third-order valence-electron chi connectivity index (χ3n) is 3.84. The van der Waals surface area contributed by atoms with Crippen LogP contribution in [0.25, 0.3) is 0 Å². The Bertz CT molecular complexity index is 417. The number of anilines is 1. The molecular weight excluding hydrogens is 252 g/mol. The molecule has 0 aromatic heterocycles. The van der Waals surface area contributed by atoms with Crippen LogP contribution in [0.1, 0.15) is 20.3 Å². The van der Waals surface area contributed by atoms with E-state index < -0.39 is 0 Å². The van der Waals surface area contributed by atoms with Crippen LogP contribution in [0.4, 0.5) is 5.69 Å². The van der Waals surface area contributed by atoms with Gasteiger partial charge in [-0.1, -0.05) is 20.3 Å². The molecule has 0 radical (unpaired) electrons. The van der Waals surface area contributed by atoms with E-state index in [-0.39, 0.29) is 0 Å². The van der Waals surface area contributed by atoms with Gasteiger partial charge in [0.15, 0.2) is 0 Å². The summed E-state index contributed by atoms with van der Waals surface area (Å²) < 4.78 is 11.4. The van der Waals surface area contributed by atoms with E-state index in [2.05, 4.69) is 30.1 Å². The zero-order valence-electron chi connectivity index (χ0n) is 12.8. The van der Waals surface area contributed by atoms with Crippen molar-refractivity contribution in [2.45, 2.75) is 20.3 Å². The maximum atomic E-state index is 6.02. The Labute approximate surface area is 122 Å². The van der Waals surface area contributed by atoms with Crippen LogP contribution in [0.2, 0.25) is 0 Å². The molecule has 112 valence electrons. The molecule has 0 amide bonds. The minimum Gasteiger partial charge on any atom is -0.497 e. The fraction of sp³-hybridized carbons (Fsp3) is 0.625. The van der Waals surface area contributed by atoms with Gasteiger partial charge in [0.2, 0.25) is 0 Å². The second kappa shape index (κ2) is 7.39. The van der Waals surface area contributed by atoms with Crippen molar-refractivity contribution in [2.24, 2.45) is 5.92 Å². The molecule has 0 aliphatic carbocycles. The molecule has 1 aromatic carbocycles. The van der Waals surface area contributed by atoms with Crippen molar-refractivity contribution < 1.29 is 9.47 Å². The Morgan fingerprint density at radius 2 is 2.05 bits per heavy atom. The number of nitrogens with zero attached hydrogens (tertiary/aromatic N) is 1. The van der Waals surface area contributed by atoms with E-state index in [9.17, 15) is 0 Å². The average molecular weight is 278 g/mol. The zero-order valence-corrected chi connectivity index (χ0v) is 12.8. The summed E-state index contributed by atoms with van der Waals surface area (Å²) in [6.07, 6.45) is 1.14. The van der Waals surface area contributed by atoms with Gasteiger partial charge in [0.05, 0.1) is 19.4 Å². The maximum absolute atomic E-state index is 6.02. The van der Waals surface area contributed by atoms with Gasteiger partial charge >= 0.3 is 0 Å². The lowest BCUT2D eigenvalue weighted by Crippen LogP contribution is -2.43. The molecule has 1 aliphatic heterocycles. The molecule has 1 unspecified atom stereocenters. The Morgan fingerprint density at radius 1 is 1.30 bits per heavy atom. The van der Waals surface area contributed by atoms with Crippen LogP contribution in [0, 0.1) is 5.92 Å². The predicted molar refractivity (Wildman–Crippen MR) is 83.0 cm³/mol. The van der Waals surface area contributed by atoms with Crippen molar-refractivity contribution in [3.05, 3.63) is 18.2 Å². The summed E-state index contributed by atoms with van der Waals surface area (Å²) >= 11 is 0. The number of hydrogen-bond acceptors (Lipinski definition) is 4. The summed E-state index contributed by atoms with van der Waals surface area (Å²) in [4.78, 5) is 2.37. The zero-order chi connectivity index (χ0) is 14.4. The van der Waals surface area contributed by atoms with Gasteiger partial charge in [0.1, 0.15) is 11.5 Å². The topological polar surface area (TPSA) is 33.7 Å². The summed E-state index contributed by atoms with van der Waals surface area (Å²) in [6.45, 7) is 9.22. The molecule has 1 aromatic rings. The van der Waals surface area contributed by atoms with Crippen molar-refractivity contribution in [3.8, 4) is 11.5 Å². The van der Waals surface area contributed by atoms with E-state index in [0.717, 1.165) is 56.4 Å². The molecule has 1 saturated heterocycles. The number of ether oxygens (including phenoxy) is 2. The number of rotatable bonds is 6. The van der Waals surface area contributed by atoms with Gasteiger partial charge in [-0.05, 0) is 18.1 Å². The second-order valence-corrected chi connectivity index (χ2v) is 5.40. The highest BCUT2D eigenvalue weighted by Crippen LogP contribution is 2.33. The van der Waals surface area contributed by atoms with Crippen molar-refractivity contribution in [3.63, 3.8) is 0 Å². The first-order chi connectivity index (χ1) is 9.74. The van der Waals surface area contributed by atoms with Crippen molar-refractivity contribution in [1.82, 2.24) is 5.32 Å². The minimum absolute atomic E-state index is 0.577. The quantitative estimate of drug-likeness (QED) is 0.867. The van der Waals surface area contributed by atoms with Gasteiger partial charge in [-0.3, -0.25) is 0 Å². The van der Waals surface area contributed by atoms with Gasteiger partial charge < -0.3 is 19.7 Å². The Morgan fingerprint density at radius 3 is 2.70 bits per heavy atom. The molecule has 1 atom stereocenters. The van der Waals surface area contributed by atoms with E-state index in [4.69, 9.17) is 9.47 Å². The van der Waals surface area contributed by atoms with E-state index in [0.29, 0.717) is 5.92 Å². The van der Waals surface area contributed by atoms with Crippen LogP contribution in [0.5, 0.6) is 11.5 Å². The molecule has 1 fully saturated rings. The van der Waals surface area contributed by atoms with Gasteiger partial charge in [0.25, 0.3) is 0 Å². The fourth-order valence-corrected chi connectivity index (χ4v) is 2.25. The highest BCUT2D eigenvalue weighted by atomic mass is 16.5. The minimum atomic E-state index is 0.577. The van der Waals surface area contributed by atoms with Crippen LogP contribution in [0.3, 0.4) is 0 Å². The van der Waals surface area contributed by atoms with Gasteiger partial charge in [-0.2, -0.15) is 0 Å². The molecule has 1 aliphatic rings. The second-order valence-electron chi connectivity index (χ2n) is 5.40. The smallest absolute Gasteiger partial charge is 0.142 e. The first-order valence-electron chi connectivity index (χ1n) is 7.51. The van der Waals surface area contributed by atoms with E-state index in [1.807, 2.05) is 12.1 Å². The lowest BCUT2D eigenvalue weighted by atomic mass is 10.1. The van der Waals surface area contributed by atoms with Crippen LogP contribution in [-0.2, 0) is 0 Å². The molecule has 0 spiro atoms. The van der Waals surface area contributed by atoms with E-state index in [1.54, 1.807) is 7.11 Å². The summed E-state index contributed by atoms with van der Waals surface area (Å²) in [5.41, 5.74) is 1.15. The molecule has 1 N–H and O–H groups in total. The lowest BCUT2D eigenvalue weighted by Gasteiger charge is -2.31. The number of piperazine rings is 1. The van der Waals surface area contributed by atoms with Gasteiger partial charge in [-0.25, -0.2) is 0 Å². The third kappa shape index (κ3) is 3.79. The lowest BCUT2D eigenvalue weighted by molar-refractivity contribution is 0.256. The maximum Gasteiger partial charge on any atom is 0.142 e. The summed E-state index contributed by atoms with van der Waals surface area (Å²) in [5.74, 6) is 2.43. The summed E-state index contributed by atoms with van der Waals surface area (Å²) in [7, 11) is 1.70. The standard InChI is InChI=1S/C16H26N2O2/c1-4-13(2)12-20-16-6-5-14(19-3)11-15(16)18-9-7-17-8-10-18/h5-6,11,13,17H,4,7-10,12H2,1-3H3. The largest absolute Gasteiger partial charge is 0.497 e. The van der Waals surface area contributed by atoms with Crippen LogP contribution in [-0.4, -0.2) is 39.9 Å². The van der Waals surface area contributed by atoms with Crippen molar-refractivity contribution in [1.29, 1.82) is 0 Å². The van der Waals surface area contributed by atoms with E-state index >= 15 is 0 Å². The van der Waals surface area contributed by atoms with Crippen molar-refractivity contribution >= 4 is 5.69 Å². The predicted octanol–water partition coefficient (Wildman–Crippen LogP) is 2.53. The number of nitrogens with one attached hydrogen (secondary N) is 1. The molecule has 20 heavy (non-hydrogen) atoms. The highest BCUT2D eigenvalue weighted by Gasteiger charge is 2.16. The first-order valence-corrected chi connectivity index (χ1v) is 7.51. The first kappa shape index (κ1) is 15.0. The molecule has 4 nitrogen and oxygen atoms in total. The average Bonchev–Trinajstić information content (AvgIpc) is 2.53. The Kier molecular flexibility index (Phi) is 5.53. The normalized spacial score (nSPS) is 16.9. The highest BCUT2D eigenvalue weighted by molar-refractivity contribution is 5.62. The molecule has 2 rings (SSSR count). The summed E-state index contributed by atoms with van der Waals surface area (Å²) in [5, 5.41) is 3.38. The summed E-state index contributed by atoms with van der Waals surface area (Å²) in [6, 6.07) is 6.08. The van der Waals surface area contributed by atoms with Crippen LogP contribution >= 0.6 is 0 Å².